The highest BCUT2D eigenvalue weighted by Gasteiger charge is 2.27. The second-order valence-corrected chi connectivity index (χ2v) is 9.65. The Hall–Kier alpha value is -3.19. The van der Waals surface area contributed by atoms with E-state index in [1.54, 1.807) is 0 Å². The first-order valence-electron chi connectivity index (χ1n) is 11.6. The van der Waals surface area contributed by atoms with Gasteiger partial charge >= 0.3 is 0 Å². The van der Waals surface area contributed by atoms with Crippen molar-refractivity contribution in [3.05, 3.63) is 77.4 Å². The summed E-state index contributed by atoms with van der Waals surface area (Å²) in [7, 11) is 0. The van der Waals surface area contributed by atoms with Crippen molar-refractivity contribution in [2.45, 2.75) is 65.8 Å². The molecule has 1 unspecified atom stereocenters. The van der Waals surface area contributed by atoms with Gasteiger partial charge in [-0.2, -0.15) is 0 Å². The van der Waals surface area contributed by atoms with Crippen LogP contribution in [0.3, 0.4) is 0 Å². The molecule has 2 aromatic carbocycles. The highest BCUT2D eigenvalue weighted by Crippen LogP contribution is 2.34. The first-order chi connectivity index (χ1) is 15.9. The second-order valence-electron chi connectivity index (χ2n) is 9.65. The van der Waals surface area contributed by atoms with Gasteiger partial charge < -0.3 is 9.67 Å². The van der Waals surface area contributed by atoms with Crippen LogP contribution in [-0.4, -0.2) is 14.7 Å². The van der Waals surface area contributed by atoms with Crippen LogP contribution in [0.1, 0.15) is 75.5 Å². The van der Waals surface area contributed by atoms with E-state index in [4.69, 9.17) is 4.98 Å². The number of aliphatic hydroxyl groups excluding tert-OH is 1. The Kier molecular flexibility index (Phi) is 6.79. The average Bonchev–Trinajstić information content (AvgIpc) is 3.47. The zero-order valence-corrected chi connectivity index (χ0v) is 19.8. The molecular weight excluding hydrogens is 412 g/mol. The summed E-state index contributed by atoms with van der Waals surface area (Å²) in [4.78, 5) is 4.81. The van der Waals surface area contributed by atoms with Crippen molar-refractivity contribution < 1.29 is 5.11 Å². The molecule has 0 aliphatic carbocycles. The van der Waals surface area contributed by atoms with E-state index in [1.165, 1.54) is 5.56 Å². The number of aliphatic hydroxyl groups is 1. The van der Waals surface area contributed by atoms with Gasteiger partial charge in [0.2, 0.25) is 6.17 Å². The highest BCUT2D eigenvalue weighted by atomic mass is 16.3. The molecule has 1 atom stereocenters. The molecule has 2 heterocycles. The highest BCUT2D eigenvalue weighted by molar-refractivity contribution is 5.68. The predicted octanol–water partition coefficient (Wildman–Crippen LogP) is 6.85. The molecule has 1 N–H and O–H groups in total. The van der Waals surface area contributed by atoms with Crippen molar-refractivity contribution >= 4 is 0 Å². The van der Waals surface area contributed by atoms with Crippen LogP contribution in [0.4, 0.5) is 0 Å². The summed E-state index contributed by atoms with van der Waals surface area (Å²) in [6.45, 7) is 9.01. The van der Waals surface area contributed by atoms with Crippen molar-refractivity contribution in [1.29, 1.82) is 0 Å². The first kappa shape index (κ1) is 23.0. The Balaban J connectivity index is 1.58. The fourth-order valence-electron chi connectivity index (χ4n) is 3.99. The molecular formula is C26H32N6O. The minimum Gasteiger partial charge on any atom is -0.386 e. The zero-order chi connectivity index (χ0) is 23.4. The number of hydrogen-bond acceptors (Lipinski definition) is 6. The van der Waals surface area contributed by atoms with E-state index in [0.29, 0.717) is 0 Å². The van der Waals surface area contributed by atoms with E-state index in [1.807, 2.05) is 45.2 Å². The van der Waals surface area contributed by atoms with Gasteiger partial charge in [0.05, 0.1) is 5.69 Å². The number of unbranched alkanes of at least 4 members (excludes halogenated alkanes) is 1. The maximum Gasteiger partial charge on any atom is 0.211 e. The van der Waals surface area contributed by atoms with E-state index < -0.39 is 6.10 Å². The van der Waals surface area contributed by atoms with Gasteiger partial charge in [-0.25, -0.2) is 4.98 Å². The molecule has 0 bridgehead atoms. The Bertz CT molecular complexity index is 1130. The summed E-state index contributed by atoms with van der Waals surface area (Å²) in [6.07, 6.45) is 4.14. The van der Waals surface area contributed by atoms with Gasteiger partial charge in [-0.1, -0.05) is 82.6 Å². The van der Waals surface area contributed by atoms with Crippen LogP contribution in [0.2, 0.25) is 0 Å². The summed E-state index contributed by atoms with van der Waals surface area (Å²) < 4.78 is 2.18. The largest absolute Gasteiger partial charge is 0.386 e. The van der Waals surface area contributed by atoms with Crippen LogP contribution in [0.15, 0.2) is 75.4 Å². The summed E-state index contributed by atoms with van der Waals surface area (Å²) >= 11 is 0. The summed E-state index contributed by atoms with van der Waals surface area (Å²) in [5, 5.41) is 26.3. The Morgan fingerprint density at radius 2 is 1.70 bits per heavy atom. The van der Waals surface area contributed by atoms with Gasteiger partial charge in [0.25, 0.3) is 0 Å². The molecule has 1 aromatic heterocycles. The van der Waals surface area contributed by atoms with Gasteiger partial charge in [0.1, 0.15) is 11.9 Å². The second kappa shape index (κ2) is 9.75. The fraction of sp³-hybridized carbons (Fsp3) is 0.423. The maximum atomic E-state index is 10.8. The van der Waals surface area contributed by atoms with Crippen LogP contribution in [0.5, 0.6) is 0 Å². The average molecular weight is 445 g/mol. The molecule has 1 aliphatic rings. The molecule has 0 fully saturated rings. The molecule has 172 valence electrons. The third kappa shape index (κ3) is 5.25. The fourth-order valence-corrected chi connectivity index (χ4v) is 3.99. The van der Waals surface area contributed by atoms with Crippen molar-refractivity contribution in [1.82, 2.24) is 9.55 Å². The monoisotopic (exact) mass is 444 g/mol. The van der Waals surface area contributed by atoms with Crippen LogP contribution in [0, 0.1) is 5.41 Å². The lowest BCUT2D eigenvalue weighted by Gasteiger charge is -2.23. The summed E-state index contributed by atoms with van der Waals surface area (Å²) in [5.41, 5.74) is 4.85. The lowest BCUT2D eigenvalue weighted by Crippen LogP contribution is -2.18. The van der Waals surface area contributed by atoms with E-state index >= 15 is 0 Å². The molecule has 3 aromatic rings. The number of nitrogens with zero attached hydrogens (tertiary/aromatic N) is 6. The molecule has 0 saturated heterocycles. The zero-order valence-electron chi connectivity index (χ0n) is 19.8. The Morgan fingerprint density at radius 3 is 2.36 bits per heavy atom. The summed E-state index contributed by atoms with van der Waals surface area (Å²) in [5.74, 6) is 1.03. The lowest BCUT2D eigenvalue weighted by atomic mass is 9.87. The van der Waals surface area contributed by atoms with Crippen molar-refractivity contribution in [3.63, 3.8) is 0 Å². The SMILES string of the molecule is CCCCc1nc(C(O)C(C)(C)C)cn1Cc1ccc(-c2ccccc2C2N=NN=N2)cc1. The third-order valence-corrected chi connectivity index (χ3v) is 5.95. The van der Waals surface area contributed by atoms with Crippen LogP contribution in [-0.2, 0) is 13.0 Å². The van der Waals surface area contributed by atoms with Gasteiger partial charge in [-0.3, -0.25) is 0 Å². The maximum absolute atomic E-state index is 10.8. The molecule has 7 nitrogen and oxygen atoms in total. The van der Waals surface area contributed by atoms with E-state index in [2.05, 4.69) is 62.5 Å². The van der Waals surface area contributed by atoms with Gasteiger partial charge in [0, 0.05) is 24.7 Å². The van der Waals surface area contributed by atoms with Gasteiger partial charge in [-0.05, 0) is 39.0 Å². The number of hydrogen-bond donors (Lipinski definition) is 1. The minimum absolute atomic E-state index is 0.255. The molecule has 0 saturated carbocycles. The lowest BCUT2D eigenvalue weighted by molar-refractivity contribution is 0.0591. The van der Waals surface area contributed by atoms with Crippen LogP contribution >= 0.6 is 0 Å². The van der Waals surface area contributed by atoms with Gasteiger partial charge in [0.15, 0.2) is 0 Å². The number of benzene rings is 2. The standard InChI is InChI=1S/C26H32N6O/c1-5-6-11-23-27-22(24(33)26(2,3)4)17-32(23)16-18-12-14-19(15-13-18)20-9-7-8-10-21(20)25-28-30-31-29-25/h7-10,12-15,17,24-25,33H,5-6,11,16H2,1-4H3. The molecule has 0 spiro atoms. The smallest absolute Gasteiger partial charge is 0.211 e. The Morgan fingerprint density at radius 1 is 1.00 bits per heavy atom. The van der Waals surface area contributed by atoms with Crippen molar-refractivity contribution in [3.8, 4) is 11.1 Å². The van der Waals surface area contributed by atoms with E-state index in [9.17, 15) is 5.11 Å². The van der Waals surface area contributed by atoms with Crippen LogP contribution in [0.25, 0.3) is 11.1 Å². The van der Waals surface area contributed by atoms with Crippen molar-refractivity contribution in [2.75, 3.05) is 0 Å². The molecule has 4 rings (SSSR count). The number of aromatic nitrogens is 2. The quantitative estimate of drug-likeness (QED) is 0.412. The van der Waals surface area contributed by atoms with E-state index in [-0.39, 0.29) is 11.6 Å². The topological polar surface area (TPSA) is 87.5 Å². The molecule has 0 amide bonds. The molecule has 33 heavy (non-hydrogen) atoms. The predicted molar refractivity (Wildman–Crippen MR) is 129 cm³/mol. The first-order valence-corrected chi connectivity index (χ1v) is 11.6. The molecule has 1 aliphatic heterocycles. The van der Waals surface area contributed by atoms with E-state index in [0.717, 1.165) is 54.0 Å². The third-order valence-electron chi connectivity index (χ3n) is 5.95. The number of aryl methyl sites for hydroxylation is 1. The number of rotatable bonds is 8. The molecule has 7 heteroatoms. The minimum atomic E-state index is -0.595. The molecule has 0 radical (unpaired) electrons. The van der Waals surface area contributed by atoms with Gasteiger partial charge in [-0.15, -0.1) is 10.2 Å². The Labute approximate surface area is 195 Å². The number of imidazole rings is 1. The van der Waals surface area contributed by atoms with Crippen molar-refractivity contribution in [2.24, 2.45) is 26.1 Å². The van der Waals surface area contributed by atoms with Crippen LogP contribution < -0.4 is 0 Å². The summed E-state index contributed by atoms with van der Waals surface area (Å²) in [6, 6.07) is 16.6. The normalized spacial score (nSPS) is 14.8.